The molecular formula is C20H26N2O2. The van der Waals surface area contributed by atoms with Crippen LogP contribution >= 0.6 is 0 Å². The lowest BCUT2D eigenvalue weighted by atomic mass is 10.1. The van der Waals surface area contributed by atoms with Crippen LogP contribution in [0.5, 0.6) is 5.75 Å². The molecule has 24 heavy (non-hydrogen) atoms. The van der Waals surface area contributed by atoms with Crippen molar-refractivity contribution in [2.45, 2.75) is 39.2 Å². The van der Waals surface area contributed by atoms with Crippen molar-refractivity contribution in [3.8, 4) is 5.75 Å². The SMILES string of the molecule is CCc1ccccc1NC(=O)NC(C)CCc1ccc(OC)cc1. The maximum absolute atomic E-state index is 12.1. The minimum atomic E-state index is -0.155. The Bertz CT molecular complexity index is 653. The number of amides is 2. The fraction of sp³-hybridized carbons (Fsp3) is 0.350. The molecule has 0 radical (unpaired) electrons. The lowest BCUT2D eigenvalue weighted by Gasteiger charge is -2.16. The lowest BCUT2D eigenvalue weighted by Crippen LogP contribution is -2.36. The van der Waals surface area contributed by atoms with E-state index in [4.69, 9.17) is 4.74 Å². The Labute approximate surface area is 144 Å². The van der Waals surface area contributed by atoms with Crippen LogP contribution in [0.2, 0.25) is 0 Å². The van der Waals surface area contributed by atoms with E-state index in [9.17, 15) is 4.79 Å². The molecule has 0 saturated heterocycles. The first-order valence-electron chi connectivity index (χ1n) is 8.40. The number of anilines is 1. The van der Waals surface area contributed by atoms with Gasteiger partial charge in [0.2, 0.25) is 0 Å². The summed E-state index contributed by atoms with van der Waals surface area (Å²) >= 11 is 0. The highest BCUT2D eigenvalue weighted by Crippen LogP contribution is 2.16. The van der Waals surface area contributed by atoms with Crippen LogP contribution < -0.4 is 15.4 Å². The van der Waals surface area contributed by atoms with Crippen LogP contribution in [0.1, 0.15) is 31.4 Å². The molecule has 0 aliphatic rings. The van der Waals surface area contributed by atoms with Gasteiger partial charge in [-0.1, -0.05) is 37.3 Å². The standard InChI is InChI=1S/C20H26N2O2/c1-4-17-7-5-6-8-19(17)22-20(23)21-15(2)9-10-16-11-13-18(24-3)14-12-16/h5-8,11-15H,4,9-10H2,1-3H3,(H2,21,22,23). The van der Waals surface area contributed by atoms with Crippen LogP contribution in [-0.2, 0) is 12.8 Å². The zero-order valence-corrected chi connectivity index (χ0v) is 14.6. The second kappa shape index (κ2) is 8.96. The number of carbonyl (C=O) groups excluding carboxylic acids is 1. The molecule has 0 fully saturated rings. The molecule has 128 valence electrons. The maximum Gasteiger partial charge on any atom is 0.319 e. The predicted octanol–water partition coefficient (Wildman–Crippen LogP) is 4.40. The van der Waals surface area contributed by atoms with E-state index in [0.717, 1.165) is 36.3 Å². The number of methoxy groups -OCH3 is 1. The molecule has 0 aliphatic heterocycles. The third kappa shape index (κ3) is 5.30. The van der Waals surface area contributed by atoms with Gasteiger partial charge >= 0.3 is 6.03 Å². The van der Waals surface area contributed by atoms with E-state index in [1.165, 1.54) is 5.56 Å². The molecule has 0 bridgehead atoms. The monoisotopic (exact) mass is 326 g/mol. The number of rotatable bonds is 7. The van der Waals surface area contributed by atoms with Gasteiger partial charge in [0.25, 0.3) is 0 Å². The zero-order valence-electron chi connectivity index (χ0n) is 14.6. The summed E-state index contributed by atoms with van der Waals surface area (Å²) < 4.78 is 5.16. The Morgan fingerprint density at radius 1 is 1.12 bits per heavy atom. The summed E-state index contributed by atoms with van der Waals surface area (Å²) in [6.45, 7) is 4.10. The fourth-order valence-electron chi connectivity index (χ4n) is 2.58. The minimum Gasteiger partial charge on any atom is -0.497 e. The van der Waals surface area contributed by atoms with E-state index in [1.54, 1.807) is 7.11 Å². The molecule has 0 saturated carbocycles. The number of para-hydroxylation sites is 1. The van der Waals surface area contributed by atoms with Gasteiger partial charge in [0, 0.05) is 11.7 Å². The van der Waals surface area contributed by atoms with Crippen LogP contribution in [0, 0.1) is 0 Å². The van der Waals surface area contributed by atoms with Crippen molar-refractivity contribution >= 4 is 11.7 Å². The number of hydrogen-bond acceptors (Lipinski definition) is 2. The summed E-state index contributed by atoms with van der Waals surface area (Å²) in [5.41, 5.74) is 3.25. The van der Waals surface area contributed by atoms with E-state index in [-0.39, 0.29) is 12.1 Å². The largest absolute Gasteiger partial charge is 0.497 e. The van der Waals surface area contributed by atoms with Gasteiger partial charge in [-0.2, -0.15) is 0 Å². The normalized spacial score (nSPS) is 11.6. The first-order valence-corrected chi connectivity index (χ1v) is 8.40. The van der Waals surface area contributed by atoms with Crippen molar-refractivity contribution < 1.29 is 9.53 Å². The average Bonchev–Trinajstić information content (AvgIpc) is 2.60. The van der Waals surface area contributed by atoms with Gasteiger partial charge in [-0.05, 0) is 55.5 Å². The number of aryl methyl sites for hydroxylation is 2. The molecule has 2 aromatic rings. The van der Waals surface area contributed by atoms with E-state index in [0.29, 0.717) is 0 Å². The predicted molar refractivity (Wildman–Crippen MR) is 98.8 cm³/mol. The first-order chi connectivity index (χ1) is 11.6. The number of urea groups is 1. The van der Waals surface area contributed by atoms with Crippen molar-refractivity contribution in [1.82, 2.24) is 5.32 Å². The topological polar surface area (TPSA) is 50.4 Å². The summed E-state index contributed by atoms with van der Waals surface area (Å²) in [4.78, 5) is 12.1. The minimum absolute atomic E-state index is 0.0980. The van der Waals surface area contributed by atoms with Crippen LogP contribution in [0.15, 0.2) is 48.5 Å². The molecule has 1 atom stereocenters. The summed E-state index contributed by atoms with van der Waals surface area (Å²) in [5, 5.41) is 5.94. The molecule has 4 nitrogen and oxygen atoms in total. The van der Waals surface area contributed by atoms with Gasteiger partial charge in [0.05, 0.1) is 7.11 Å². The third-order valence-corrected chi connectivity index (χ3v) is 4.05. The zero-order chi connectivity index (χ0) is 17.4. The summed E-state index contributed by atoms with van der Waals surface area (Å²) in [6.07, 6.45) is 2.69. The van der Waals surface area contributed by atoms with Crippen molar-refractivity contribution in [1.29, 1.82) is 0 Å². The van der Waals surface area contributed by atoms with Crippen LogP contribution in [0.4, 0.5) is 10.5 Å². The van der Waals surface area contributed by atoms with E-state index >= 15 is 0 Å². The van der Waals surface area contributed by atoms with Gasteiger partial charge < -0.3 is 15.4 Å². The maximum atomic E-state index is 12.1. The van der Waals surface area contributed by atoms with E-state index in [2.05, 4.69) is 29.7 Å². The average molecular weight is 326 g/mol. The Hall–Kier alpha value is -2.49. The van der Waals surface area contributed by atoms with E-state index < -0.39 is 0 Å². The molecule has 2 aromatic carbocycles. The van der Waals surface area contributed by atoms with E-state index in [1.807, 2.05) is 43.3 Å². The molecule has 0 spiro atoms. The van der Waals surface area contributed by atoms with Gasteiger partial charge in [0.15, 0.2) is 0 Å². The van der Waals surface area contributed by atoms with Crippen LogP contribution in [0.3, 0.4) is 0 Å². The third-order valence-electron chi connectivity index (χ3n) is 4.05. The Morgan fingerprint density at radius 2 is 1.83 bits per heavy atom. The molecule has 1 unspecified atom stereocenters. The van der Waals surface area contributed by atoms with Gasteiger partial charge in [-0.15, -0.1) is 0 Å². The molecular weight excluding hydrogens is 300 g/mol. The van der Waals surface area contributed by atoms with Crippen molar-refractivity contribution in [3.63, 3.8) is 0 Å². The van der Waals surface area contributed by atoms with Crippen molar-refractivity contribution in [2.24, 2.45) is 0 Å². The van der Waals surface area contributed by atoms with Crippen molar-refractivity contribution in [2.75, 3.05) is 12.4 Å². The Balaban J connectivity index is 1.80. The molecule has 4 heteroatoms. The summed E-state index contributed by atoms with van der Waals surface area (Å²) in [6, 6.07) is 15.9. The molecule has 0 aromatic heterocycles. The molecule has 0 heterocycles. The second-order valence-corrected chi connectivity index (χ2v) is 5.90. The van der Waals surface area contributed by atoms with Crippen LogP contribution in [0.25, 0.3) is 0 Å². The Kier molecular flexibility index (Phi) is 6.67. The molecule has 2 rings (SSSR count). The second-order valence-electron chi connectivity index (χ2n) is 5.90. The van der Waals surface area contributed by atoms with Gasteiger partial charge in [-0.3, -0.25) is 0 Å². The first kappa shape index (κ1) is 17.9. The number of benzene rings is 2. The highest BCUT2D eigenvalue weighted by molar-refractivity contribution is 5.90. The van der Waals surface area contributed by atoms with Crippen LogP contribution in [-0.4, -0.2) is 19.2 Å². The highest BCUT2D eigenvalue weighted by atomic mass is 16.5. The number of ether oxygens (including phenoxy) is 1. The molecule has 2 N–H and O–H groups in total. The number of hydrogen-bond donors (Lipinski definition) is 2. The Morgan fingerprint density at radius 3 is 2.50 bits per heavy atom. The number of nitrogens with one attached hydrogen (secondary N) is 2. The van der Waals surface area contributed by atoms with Gasteiger partial charge in [0.1, 0.15) is 5.75 Å². The quantitative estimate of drug-likeness (QED) is 0.792. The fourth-order valence-corrected chi connectivity index (χ4v) is 2.58. The summed E-state index contributed by atoms with van der Waals surface area (Å²) in [7, 11) is 1.66. The molecule has 2 amide bonds. The molecule has 0 aliphatic carbocycles. The van der Waals surface area contributed by atoms with Crippen molar-refractivity contribution in [3.05, 3.63) is 59.7 Å². The number of carbonyl (C=O) groups is 1. The smallest absolute Gasteiger partial charge is 0.319 e. The lowest BCUT2D eigenvalue weighted by molar-refractivity contribution is 0.248. The highest BCUT2D eigenvalue weighted by Gasteiger charge is 2.09. The van der Waals surface area contributed by atoms with Gasteiger partial charge in [-0.25, -0.2) is 4.79 Å². The summed E-state index contributed by atoms with van der Waals surface area (Å²) in [5.74, 6) is 0.860.